The first-order valence-electron chi connectivity index (χ1n) is 8.96. The second-order valence-corrected chi connectivity index (χ2v) is 9.19. The topological polar surface area (TPSA) is 72.6 Å². The van der Waals surface area contributed by atoms with Crippen molar-refractivity contribution >= 4 is 23.6 Å². The summed E-state index contributed by atoms with van der Waals surface area (Å²) in [6.07, 6.45) is -0.523. The van der Waals surface area contributed by atoms with E-state index < -0.39 is 28.9 Å². The number of hydrogen-bond acceptors (Lipinski definition) is 5. The molecular formula is C21H22N2O3S. The van der Waals surface area contributed by atoms with Gasteiger partial charge in [0.05, 0.1) is 0 Å². The zero-order chi connectivity index (χ0) is 19.2. The lowest BCUT2D eigenvalue weighted by atomic mass is 9.96. The van der Waals surface area contributed by atoms with E-state index in [1.807, 2.05) is 74.5 Å². The molecule has 0 aliphatic carbocycles. The number of carbonyl (C=O) groups is 2. The number of nitrogens with zero attached hydrogens (tertiary/aromatic N) is 1. The van der Waals surface area contributed by atoms with Gasteiger partial charge in [0.1, 0.15) is 17.5 Å². The van der Waals surface area contributed by atoms with Crippen molar-refractivity contribution in [3.8, 4) is 0 Å². The summed E-state index contributed by atoms with van der Waals surface area (Å²) in [7, 11) is 0. The van der Waals surface area contributed by atoms with E-state index in [9.17, 15) is 9.59 Å². The molecule has 140 valence electrons. The summed E-state index contributed by atoms with van der Waals surface area (Å²) in [5, 5.41) is -0.156. The predicted octanol–water partition coefficient (Wildman–Crippen LogP) is 2.71. The van der Waals surface area contributed by atoms with Crippen molar-refractivity contribution in [3.05, 3.63) is 71.8 Å². The maximum absolute atomic E-state index is 13.2. The molecule has 0 spiro atoms. The van der Waals surface area contributed by atoms with Gasteiger partial charge in [-0.3, -0.25) is 4.79 Å². The van der Waals surface area contributed by atoms with Crippen LogP contribution >= 0.6 is 11.8 Å². The molecular weight excluding hydrogens is 360 g/mol. The minimum atomic E-state index is -0.644. The molecule has 0 bridgehead atoms. The Bertz CT molecular complexity index is 817. The van der Waals surface area contributed by atoms with Gasteiger partial charge in [-0.15, -0.1) is 11.8 Å². The first-order chi connectivity index (χ1) is 12.9. The summed E-state index contributed by atoms with van der Waals surface area (Å²) in [6.45, 7) is 3.92. The van der Waals surface area contributed by atoms with Gasteiger partial charge in [-0.2, -0.15) is 0 Å². The van der Waals surface area contributed by atoms with E-state index in [0.29, 0.717) is 0 Å². The fourth-order valence-electron chi connectivity index (χ4n) is 3.79. The summed E-state index contributed by atoms with van der Waals surface area (Å²) in [6, 6.07) is 18.1. The van der Waals surface area contributed by atoms with Gasteiger partial charge in [0.2, 0.25) is 5.91 Å². The fourth-order valence-corrected chi connectivity index (χ4v) is 5.35. The van der Waals surface area contributed by atoms with Crippen molar-refractivity contribution in [1.82, 2.24) is 4.90 Å². The largest absolute Gasteiger partial charge is 0.451 e. The Morgan fingerprint density at radius 1 is 1.07 bits per heavy atom. The molecule has 27 heavy (non-hydrogen) atoms. The molecule has 2 heterocycles. The highest BCUT2D eigenvalue weighted by Gasteiger charge is 2.63. The molecule has 6 heteroatoms. The number of hydrogen-bond donors (Lipinski definition) is 1. The molecule has 2 saturated heterocycles. The van der Waals surface area contributed by atoms with Crippen LogP contribution < -0.4 is 5.73 Å². The molecule has 2 N–H and O–H groups in total. The summed E-state index contributed by atoms with van der Waals surface area (Å²) < 4.78 is 5.54. The van der Waals surface area contributed by atoms with Crippen molar-refractivity contribution in [2.24, 2.45) is 5.73 Å². The molecule has 2 fully saturated rings. The number of thioether (sulfide) groups is 1. The van der Waals surface area contributed by atoms with Crippen LogP contribution in [0.5, 0.6) is 0 Å². The lowest BCUT2D eigenvalue weighted by Crippen LogP contribution is -2.68. The van der Waals surface area contributed by atoms with E-state index in [1.54, 1.807) is 16.7 Å². The Balaban J connectivity index is 1.64. The Morgan fingerprint density at radius 2 is 1.59 bits per heavy atom. The zero-order valence-electron chi connectivity index (χ0n) is 15.2. The van der Waals surface area contributed by atoms with Crippen LogP contribution in [0, 0.1) is 0 Å². The second-order valence-electron chi connectivity index (χ2n) is 7.42. The van der Waals surface area contributed by atoms with E-state index in [1.165, 1.54) is 0 Å². The fraction of sp³-hybridized carbons (Fsp3) is 0.333. The number of rotatable bonds is 4. The third-order valence-electron chi connectivity index (χ3n) is 5.14. The summed E-state index contributed by atoms with van der Waals surface area (Å²) in [4.78, 5) is 27.0. The number of nitrogens with two attached hydrogens (primary N) is 1. The number of benzene rings is 2. The number of amides is 1. The second kappa shape index (κ2) is 6.69. The number of esters is 1. The van der Waals surface area contributed by atoms with Crippen molar-refractivity contribution in [1.29, 1.82) is 0 Å². The number of carbonyl (C=O) groups excluding carboxylic acids is 2. The maximum Gasteiger partial charge on any atom is 0.331 e. The molecule has 4 rings (SSSR count). The van der Waals surface area contributed by atoms with E-state index in [4.69, 9.17) is 10.5 Å². The first kappa shape index (κ1) is 18.1. The molecule has 0 radical (unpaired) electrons. The molecule has 2 aromatic rings. The van der Waals surface area contributed by atoms with Crippen LogP contribution in [0.1, 0.15) is 31.1 Å². The molecule has 2 unspecified atom stereocenters. The van der Waals surface area contributed by atoms with Crippen LogP contribution in [0.25, 0.3) is 0 Å². The van der Waals surface area contributed by atoms with Gasteiger partial charge >= 0.3 is 5.97 Å². The van der Waals surface area contributed by atoms with Gasteiger partial charge in [-0.25, -0.2) is 4.79 Å². The minimum Gasteiger partial charge on any atom is -0.451 e. The van der Waals surface area contributed by atoms with Gasteiger partial charge in [-0.1, -0.05) is 60.7 Å². The van der Waals surface area contributed by atoms with Crippen molar-refractivity contribution in [3.63, 3.8) is 0 Å². The Labute approximate surface area is 162 Å². The number of fused-ring (bicyclic) bond motifs is 1. The van der Waals surface area contributed by atoms with Crippen molar-refractivity contribution in [2.45, 2.75) is 42.2 Å². The highest BCUT2D eigenvalue weighted by molar-refractivity contribution is 8.01. The summed E-state index contributed by atoms with van der Waals surface area (Å²) >= 11 is 1.56. The monoisotopic (exact) mass is 382 g/mol. The standard InChI is InChI=1S/C21H22N2O3S/c1-21(2)17(23-18(24)15(22)19(23)27-21)20(25)26-16(13-9-5-3-6-10-13)14-11-7-4-8-12-14/h3-12,15-17,19H,22H2,1-2H3/t15-,17?,19?/m1/s1. The Hall–Kier alpha value is -2.31. The van der Waals surface area contributed by atoms with E-state index >= 15 is 0 Å². The third kappa shape index (κ3) is 3.03. The van der Waals surface area contributed by atoms with Crippen LogP contribution in [-0.2, 0) is 14.3 Å². The summed E-state index contributed by atoms with van der Waals surface area (Å²) in [5.74, 6) is -0.580. The number of ether oxygens (including phenoxy) is 1. The van der Waals surface area contributed by atoms with E-state index in [-0.39, 0.29) is 11.3 Å². The van der Waals surface area contributed by atoms with Crippen LogP contribution in [0.2, 0.25) is 0 Å². The van der Waals surface area contributed by atoms with Crippen LogP contribution in [0.15, 0.2) is 60.7 Å². The highest BCUT2D eigenvalue weighted by Crippen LogP contribution is 2.50. The smallest absolute Gasteiger partial charge is 0.331 e. The quantitative estimate of drug-likeness (QED) is 0.650. The van der Waals surface area contributed by atoms with E-state index in [2.05, 4.69) is 0 Å². The van der Waals surface area contributed by atoms with Gasteiger partial charge in [0.15, 0.2) is 6.10 Å². The Morgan fingerprint density at radius 3 is 2.11 bits per heavy atom. The van der Waals surface area contributed by atoms with Crippen molar-refractivity contribution in [2.75, 3.05) is 0 Å². The maximum atomic E-state index is 13.2. The van der Waals surface area contributed by atoms with E-state index in [0.717, 1.165) is 11.1 Å². The van der Waals surface area contributed by atoms with Crippen LogP contribution in [-0.4, -0.2) is 39.0 Å². The molecule has 2 aliphatic rings. The lowest BCUT2D eigenvalue weighted by molar-refractivity contribution is -0.165. The van der Waals surface area contributed by atoms with Crippen LogP contribution in [0.4, 0.5) is 0 Å². The van der Waals surface area contributed by atoms with Gasteiger partial charge in [-0.05, 0) is 25.0 Å². The number of β-lactam (4-membered cyclic amide) rings is 1. The SMILES string of the molecule is CC1(C)SC2[C@H](N)C(=O)N2C1C(=O)OC(c1ccccc1)c1ccccc1. The molecule has 5 nitrogen and oxygen atoms in total. The zero-order valence-corrected chi connectivity index (χ0v) is 16.1. The normalized spacial score (nSPS) is 25.9. The predicted molar refractivity (Wildman–Crippen MR) is 105 cm³/mol. The van der Waals surface area contributed by atoms with Gasteiger partial charge in [0, 0.05) is 4.75 Å². The highest BCUT2D eigenvalue weighted by atomic mass is 32.2. The average molecular weight is 382 g/mol. The minimum absolute atomic E-state index is 0.156. The van der Waals surface area contributed by atoms with Crippen molar-refractivity contribution < 1.29 is 14.3 Å². The Kier molecular flexibility index (Phi) is 4.48. The molecule has 2 aliphatic heterocycles. The molecule has 2 aromatic carbocycles. The van der Waals surface area contributed by atoms with Gasteiger partial charge in [0.25, 0.3) is 0 Å². The molecule has 0 saturated carbocycles. The third-order valence-corrected chi connectivity index (χ3v) is 6.74. The summed E-state index contributed by atoms with van der Waals surface area (Å²) in [5.41, 5.74) is 7.69. The van der Waals surface area contributed by atoms with Gasteiger partial charge < -0.3 is 15.4 Å². The van der Waals surface area contributed by atoms with Crippen LogP contribution in [0.3, 0.4) is 0 Å². The first-order valence-corrected chi connectivity index (χ1v) is 9.84. The molecule has 1 amide bonds. The average Bonchev–Trinajstić information content (AvgIpc) is 2.95. The molecule has 3 atom stereocenters. The molecule has 0 aromatic heterocycles. The lowest BCUT2D eigenvalue weighted by Gasteiger charge is -2.42.